The molecule has 2 N–H and O–H groups in total. The largest absolute Gasteiger partial charge is 0.390 e. The van der Waals surface area contributed by atoms with Crippen LogP contribution in [0.25, 0.3) is 10.9 Å². The molecule has 1 aromatic heterocycles. The summed E-state index contributed by atoms with van der Waals surface area (Å²) in [6.45, 7) is 1.91. The Kier molecular flexibility index (Phi) is 5.51. The van der Waals surface area contributed by atoms with Gasteiger partial charge in [-0.25, -0.2) is 14.4 Å². The van der Waals surface area contributed by atoms with Crippen molar-refractivity contribution < 1.29 is 23.1 Å². The van der Waals surface area contributed by atoms with Gasteiger partial charge in [0.15, 0.2) is 0 Å². The minimum atomic E-state index is -3.69. The number of anilines is 2. The zero-order valence-electron chi connectivity index (χ0n) is 19.8. The van der Waals surface area contributed by atoms with Crippen LogP contribution in [0.5, 0.6) is 0 Å². The van der Waals surface area contributed by atoms with Crippen molar-refractivity contribution in [2.24, 2.45) is 0 Å². The lowest BCUT2D eigenvalue weighted by Gasteiger charge is -2.23. The number of rotatable bonds is 5. The molecule has 1 aliphatic carbocycles. The Morgan fingerprint density at radius 2 is 1.94 bits per heavy atom. The highest BCUT2D eigenvalue weighted by Gasteiger charge is 2.51. The summed E-state index contributed by atoms with van der Waals surface area (Å²) in [6, 6.07) is 6.89. The molecule has 35 heavy (non-hydrogen) atoms. The van der Waals surface area contributed by atoms with Gasteiger partial charge in [0.25, 0.3) is 5.92 Å². The van der Waals surface area contributed by atoms with Crippen LogP contribution < -0.4 is 10.2 Å². The van der Waals surface area contributed by atoms with Crippen LogP contribution in [-0.2, 0) is 16.1 Å². The molecule has 184 valence electrons. The number of aliphatic hydroxyl groups is 1. The van der Waals surface area contributed by atoms with Gasteiger partial charge in [0, 0.05) is 23.7 Å². The second-order valence-corrected chi connectivity index (χ2v) is 9.60. The van der Waals surface area contributed by atoms with Crippen LogP contribution in [-0.4, -0.2) is 34.6 Å². The molecule has 2 aromatic carbocycles. The molecule has 0 saturated heterocycles. The third kappa shape index (κ3) is 3.55. The van der Waals surface area contributed by atoms with E-state index in [-0.39, 0.29) is 11.5 Å². The topological polar surface area (TPSA) is 78.4 Å². The molecule has 1 aliphatic heterocycles. The number of aryl methyl sites for hydroxylation is 1. The summed E-state index contributed by atoms with van der Waals surface area (Å²) in [6.07, 6.45) is 3.55. The molecular formula is C26H27F3N4O2. The summed E-state index contributed by atoms with van der Waals surface area (Å²) in [5.74, 6) is -3.74. The summed E-state index contributed by atoms with van der Waals surface area (Å²) in [4.78, 5) is 24.0. The third-order valence-corrected chi connectivity index (χ3v) is 7.41. The quantitative estimate of drug-likeness (QED) is 0.526. The predicted molar refractivity (Wildman–Crippen MR) is 127 cm³/mol. The Morgan fingerprint density at radius 1 is 1.23 bits per heavy atom. The number of carbonyl (C=O) groups excluding carboxylic acids is 1. The maximum atomic E-state index is 15.1. The summed E-state index contributed by atoms with van der Waals surface area (Å²) >= 11 is 0. The number of aromatic nitrogens is 2. The molecule has 1 atom stereocenters. The first-order valence-electron chi connectivity index (χ1n) is 11.7. The lowest BCUT2D eigenvalue weighted by Crippen LogP contribution is -2.36. The number of halogens is 3. The lowest BCUT2D eigenvalue weighted by molar-refractivity contribution is -0.122. The average molecular weight is 485 g/mol. The van der Waals surface area contributed by atoms with E-state index in [1.165, 1.54) is 12.1 Å². The molecule has 1 fully saturated rings. The Balaban J connectivity index is 1.59. The number of aliphatic hydroxyl groups excluding tert-OH is 1. The van der Waals surface area contributed by atoms with E-state index >= 15 is 4.39 Å². The van der Waals surface area contributed by atoms with E-state index < -0.39 is 35.4 Å². The molecule has 0 unspecified atom stereocenters. The zero-order chi connectivity index (χ0) is 25.1. The van der Waals surface area contributed by atoms with E-state index in [4.69, 9.17) is 5.11 Å². The molecular weight excluding hydrogens is 457 g/mol. The number of hydrogen-bond donors (Lipinski definition) is 2. The van der Waals surface area contributed by atoms with Crippen LogP contribution in [0, 0.1) is 12.7 Å². The molecule has 0 bridgehead atoms. The van der Waals surface area contributed by atoms with Crippen LogP contribution in [0.15, 0.2) is 30.3 Å². The van der Waals surface area contributed by atoms with Crippen molar-refractivity contribution in [1.29, 1.82) is 0 Å². The Bertz CT molecular complexity index is 1340. The van der Waals surface area contributed by atoms with Crippen molar-refractivity contribution in [3.8, 4) is 0 Å². The van der Waals surface area contributed by atoms with Crippen molar-refractivity contribution in [3.05, 3.63) is 58.7 Å². The number of benzene rings is 2. The van der Waals surface area contributed by atoms with Gasteiger partial charge in [0.2, 0.25) is 5.91 Å². The first kappa shape index (κ1) is 23.5. The monoisotopic (exact) mass is 484 g/mol. The number of carbonyl (C=O) groups is 1. The van der Waals surface area contributed by atoms with E-state index in [1.54, 1.807) is 25.8 Å². The van der Waals surface area contributed by atoms with Gasteiger partial charge in [-0.05, 0) is 50.5 Å². The number of fused-ring (bicyclic) bond motifs is 3. The first-order valence-corrected chi connectivity index (χ1v) is 11.7. The van der Waals surface area contributed by atoms with E-state index in [0.717, 1.165) is 43.0 Å². The zero-order valence-corrected chi connectivity index (χ0v) is 19.8. The predicted octanol–water partition coefficient (Wildman–Crippen LogP) is 5.12. The van der Waals surface area contributed by atoms with Gasteiger partial charge in [-0.3, -0.25) is 4.79 Å². The van der Waals surface area contributed by atoms with Gasteiger partial charge >= 0.3 is 0 Å². The molecule has 1 saturated carbocycles. The van der Waals surface area contributed by atoms with E-state index in [2.05, 4.69) is 15.3 Å². The van der Waals surface area contributed by atoms with Gasteiger partial charge in [0.05, 0.1) is 22.5 Å². The van der Waals surface area contributed by atoms with Gasteiger partial charge in [0.1, 0.15) is 24.1 Å². The fourth-order valence-corrected chi connectivity index (χ4v) is 5.59. The van der Waals surface area contributed by atoms with E-state index in [1.807, 2.05) is 12.1 Å². The molecule has 2 heterocycles. The number of nitrogens with zero attached hydrogens (tertiary/aromatic N) is 3. The summed E-state index contributed by atoms with van der Waals surface area (Å²) in [7, 11) is 1.78. The molecule has 0 radical (unpaired) electrons. The maximum absolute atomic E-state index is 15.1. The van der Waals surface area contributed by atoms with Crippen molar-refractivity contribution >= 4 is 28.3 Å². The number of nitrogens with one attached hydrogen (secondary N) is 1. The summed E-state index contributed by atoms with van der Waals surface area (Å²) < 4.78 is 43.2. The minimum absolute atomic E-state index is 0.0309. The second kappa shape index (κ2) is 8.19. The fourth-order valence-electron chi connectivity index (χ4n) is 5.59. The highest BCUT2D eigenvalue weighted by atomic mass is 19.3. The average Bonchev–Trinajstić information content (AvgIpc) is 3.39. The van der Waals surface area contributed by atoms with Crippen LogP contribution in [0.2, 0.25) is 0 Å². The summed E-state index contributed by atoms with van der Waals surface area (Å²) in [5, 5.41) is 12.9. The fraction of sp³-hybridized carbons (Fsp3) is 0.423. The Hall–Kier alpha value is -3.20. The molecule has 3 aromatic rings. The number of alkyl halides is 2. The van der Waals surface area contributed by atoms with Crippen LogP contribution in [0.1, 0.15) is 61.2 Å². The smallest absolute Gasteiger partial charge is 0.298 e. The van der Waals surface area contributed by atoms with Crippen LogP contribution in [0.3, 0.4) is 0 Å². The van der Waals surface area contributed by atoms with E-state index in [0.29, 0.717) is 22.5 Å². The van der Waals surface area contributed by atoms with Crippen molar-refractivity contribution in [1.82, 2.24) is 9.97 Å². The minimum Gasteiger partial charge on any atom is -0.390 e. The van der Waals surface area contributed by atoms with Gasteiger partial charge < -0.3 is 15.3 Å². The van der Waals surface area contributed by atoms with Crippen molar-refractivity contribution in [2.75, 3.05) is 23.9 Å². The van der Waals surface area contributed by atoms with Crippen LogP contribution >= 0.6 is 0 Å². The molecule has 9 heteroatoms. The standard InChI is InChI=1S/C26H27F3N4O2/c1-14(16-7-6-8-18(22(16)27)26(28,29)13-34)30-23-17-11-19-21(12-20(17)31-15(2)32-23)33(3)24(35)25(19)9-4-5-10-25/h6-8,11-12,14,34H,4-5,9-10,13H2,1-3H3,(H,30,31,32)/t14-/m1/s1. The van der Waals surface area contributed by atoms with Gasteiger partial charge in [-0.15, -0.1) is 0 Å². The highest BCUT2D eigenvalue weighted by molar-refractivity contribution is 6.10. The van der Waals surface area contributed by atoms with Gasteiger partial charge in [-0.1, -0.05) is 25.0 Å². The molecule has 2 aliphatic rings. The maximum Gasteiger partial charge on any atom is 0.298 e. The molecule has 5 rings (SSSR count). The lowest BCUT2D eigenvalue weighted by atomic mass is 9.79. The Morgan fingerprint density at radius 3 is 2.63 bits per heavy atom. The van der Waals surface area contributed by atoms with Crippen molar-refractivity contribution in [2.45, 2.75) is 56.9 Å². The SMILES string of the molecule is Cc1nc(N[C@H](C)c2cccc(C(F)(F)CO)c2F)c2cc3c(cc2n1)N(C)C(=O)C31CCCC1. The van der Waals surface area contributed by atoms with E-state index in [9.17, 15) is 13.6 Å². The number of amides is 1. The number of hydrogen-bond acceptors (Lipinski definition) is 5. The summed E-state index contributed by atoms with van der Waals surface area (Å²) in [5.41, 5.74) is 1.07. The molecule has 1 spiro atoms. The van der Waals surface area contributed by atoms with Crippen molar-refractivity contribution in [3.63, 3.8) is 0 Å². The first-order chi connectivity index (χ1) is 16.6. The molecule has 6 nitrogen and oxygen atoms in total. The normalized spacial score (nSPS) is 17.9. The third-order valence-electron chi connectivity index (χ3n) is 7.41. The Labute approximate surface area is 201 Å². The van der Waals surface area contributed by atoms with Crippen LogP contribution in [0.4, 0.5) is 24.7 Å². The second-order valence-electron chi connectivity index (χ2n) is 9.60. The molecule has 1 amide bonds. The van der Waals surface area contributed by atoms with Gasteiger partial charge in [-0.2, -0.15) is 8.78 Å². The number of likely N-dealkylation sites (N-methyl/N-ethyl adjacent to an activating group) is 1. The highest BCUT2D eigenvalue weighted by Crippen LogP contribution is 2.52.